The van der Waals surface area contributed by atoms with Gasteiger partial charge in [0.25, 0.3) is 43.2 Å². The number of aromatic nitrogens is 6. The summed E-state index contributed by atoms with van der Waals surface area (Å²) in [5.74, 6) is -4.33. The van der Waals surface area contributed by atoms with Crippen LogP contribution in [0.1, 0.15) is 79.8 Å². The Balaban J connectivity index is 0.000000467. The van der Waals surface area contributed by atoms with Gasteiger partial charge in [-0.1, -0.05) is 59.7 Å². The van der Waals surface area contributed by atoms with Gasteiger partial charge in [-0.05, 0) is 123 Å². The summed E-state index contributed by atoms with van der Waals surface area (Å²) in [6.45, 7) is 2.78. The number of carbonyl (C=O) groups excluding carboxylic acids is 6. The molecule has 0 aliphatic carbocycles. The van der Waals surface area contributed by atoms with E-state index in [1.807, 2.05) is 13.8 Å². The Labute approximate surface area is 502 Å². The number of ether oxygens (including phenoxy) is 4. The van der Waals surface area contributed by atoms with Gasteiger partial charge < -0.3 is 51.0 Å². The van der Waals surface area contributed by atoms with Crippen LogP contribution in [0.15, 0.2) is 129 Å². The van der Waals surface area contributed by atoms with Crippen molar-refractivity contribution in [3.8, 4) is 0 Å². The van der Waals surface area contributed by atoms with Gasteiger partial charge in [0.15, 0.2) is 0 Å². The van der Waals surface area contributed by atoms with E-state index in [1.54, 1.807) is 85.2 Å². The SMILES string of the molecule is COC(=O)CC[C@H](NC(=O)c1ccc(CCc2c[nH]c3nc(N)[nH]c(=O)c23)cc1)C(=O)OCCOC(=O)[C@H](CCC(=O)OC)NC(=O)c1ccc(CCc2c[nH]c3nc(N)[nH]c(=O)c23)cc1.Cc1ccc(S(=O)(=O)O)cc1.Cc1ccc(S(=O)(=O)O)cc1. The number of esters is 4. The first-order chi connectivity index (χ1) is 41.7. The molecule has 28 nitrogen and oxygen atoms in total. The number of aryl methyl sites for hydroxylation is 6. The number of rotatable bonds is 23. The van der Waals surface area contributed by atoms with Gasteiger partial charge >= 0.3 is 23.9 Å². The number of nitrogens with one attached hydrogen (secondary N) is 6. The lowest BCUT2D eigenvalue weighted by molar-refractivity contribution is -0.155. The second-order valence-corrected chi connectivity index (χ2v) is 22.4. The zero-order valence-corrected chi connectivity index (χ0v) is 49.5. The molecule has 0 saturated heterocycles. The van der Waals surface area contributed by atoms with Crippen LogP contribution in [0.2, 0.25) is 0 Å². The first kappa shape index (κ1) is 67.1. The Morgan fingerprint density at radius 3 is 1.19 bits per heavy atom. The molecule has 4 aromatic heterocycles. The van der Waals surface area contributed by atoms with Gasteiger partial charge in [-0.15, -0.1) is 0 Å². The highest BCUT2D eigenvalue weighted by molar-refractivity contribution is 7.86. The minimum atomic E-state index is -4.02. The summed E-state index contributed by atoms with van der Waals surface area (Å²) in [6, 6.07) is 22.6. The second-order valence-electron chi connectivity index (χ2n) is 19.6. The first-order valence-corrected chi connectivity index (χ1v) is 29.7. The van der Waals surface area contributed by atoms with Crippen molar-refractivity contribution in [2.24, 2.45) is 0 Å². The van der Waals surface area contributed by atoms with Crippen molar-refractivity contribution < 1.29 is 73.7 Å². The van der Waals surface area contributed by atoms with Gasteiger partial charge in [-0.2, -0.15) is 26.8 Å². The molecule has 8 rings (SSSR count). The molecular weight excluding hydrogens is 1190 g/mol. The second kappa shape index (κ2) is 30.9. The molecule has 0 spiro atoms. The number of nitrogens with two attached hydrogens (primary N) is 2. The minimum absolute atomic E-state index is 0.00242. The molecule has 4 aromatic carbocycles. The molecule has 8 aromatic rings. The largest absolute Gasteiger partial charge is 0.469 e. The molecule has 0 saturated carbocycles. The zero-order chi connectivity index (χ0) is 64.3. The third-order valence-corrected chi connectivity index (χ3v) is 14.9. The maximum atomic E-state index is 13.3. The van der Waals surface area contributed by atoms with Gasteiger partial charge in [0, 0.05) is 36.4 Å². The fourth-order valence-corrected chi connectivity index (χ4v) is 9.42. The van der Waals surface area contributed by atoms with Crippen molar-refractivity contribution in [3.63, 3.8) is 0 Å². The molecule has 2 atom stereocenters. The molecule has 12 N–H and O–H groups in total. The van der Waals surface area contributed by atoms with Crippen LogP contribution in [0.3, 0.4) is 0 Å². The lowest BCUT2D eigenvalue weighted by Gasteiger charge is -2.19. The standard InChI is InChI=1S/C44H48N10O12.2C7H8O3S/c1-63-31(55)17-15-29(49-37(57)25-9-3-23(4-10-25)7-13-27-21-47-35-33(27)39(59)53-43(45)51-35)41(61)65-19-20-66-42(62)30(16-18-32(56)64-2)50-38(58)26-11-5-24(6-12-26)8-14-28-22-48-36-34(28)40(60)54-44(46)52-36;2*1-6-2-4-7(5-3-6)11(8,9)10/h3-6,9-12,21-22,29-30H,7-8,13-20H2,1-2H3,(H,49,57)(H,50,58)(H4,45,47,51,53,59)(H4,46,48,52,54,60);2*2-5H,1H3,(H,8,9,10)/t29-,30-;;/m0../s1. The number of nitrogens with zero attached hydrogens (tertiary/aromatic N) is 2. The van der Waals surface area contributed by atoms with E-state index in [-0.39, 0.29) is 69.6 Å². The van der Waals surface area contributed by atoms with Gasteiger partial charge in [0.1, 0.15) is 36.6 Å². The number of anilines is 2. The van der Waals surface area contributed by atoms with E-state index in [0.29, 0.717) is 47.8 Å². The lowest BCUT2D eigenvalue weighted by Crippen LogP contribution is -2.43. The van der Waals surface area contributed by atoms with E-state index in [1.165, 1.54) is 38.5 Å². The van der Waals surface area contributed by atoms with Crippen molar-refractivity contribution in [2.45, 2.75) is 87.1 Å². The number of hydrogen-bond acceptors (Lipinski definition) is 20. The smallest absolute Gasteiger partial charge is 0.328 e. The number of fused-ring (bicyclic) bond motifs is 2. The normalized spacial score (nSPS) is 11.8. The zero-order valence-electron chi connectivity index (χ0n) is 47.9. The summed E-state index contributed by atoms with van der Waals surface area (Å²) >= 11 is 0. The number of methoxy groups -OCH3 is 2. The molecule has 30 heteroatoms. The van der Waals surface area contributed by atoms with Gasteiger partial charge in [0.05, 0.1) is 34.8 Å². The highest BCUT2D eigenvalue weighted by Crippen LogP contribution is 2.19. The van der Waals surface area contributed by atoms with E-state index in [9.17, 15) is 55.2 Å². The summed E-state index contributed by atoms with van der Waals surface area (Å²) in [5.41, 5.74) is 16.9. The monoisotopic (exact) mass is 1250 g/mol. The van der Waals surface area contributed by atoms with Crippen LogP contribution in [-0.4, -0.2) is 131 Å². The van der Waals surface area contributed by atoms with Crippen LogP contribution in [0, 0.1) is 13.8 Å². The predicted octanol–water partition coefficient (Wildman–Crippen LogP) is 3.92. The topological polar surface area (TPSA) is 447 Å². The molecule has 2 amide bonds. The molecule has 0 fully saturated rings. The number of nitrogen functional groups attached to an aromatic ring is 2. The van der Waals surface area contributed by atoms with Gasteiger partial charge in [-0.25, -0.2) is 9.59 Å². The molecule has 88 heavy (non-hydrogen) atoms. The number of amides is 2. The van der Waals surface area contributed by atoms with E-state index in [2.05, 4.69) is 40.5 Å². The van der Waals surface area contributed by atoms with E-state index >= 15 is 0 Å². The molecule has 466 valence electrons. The Morgan fingerprint density at radius 2 is 0.875 bits per heavy atom. The van der Waals surface area contributed by atoms with Crippen LogP contribution in [0.25, 0.3) is 22.1 Å². The van der Waals surface area contributed by atoms with Crippen LogP contribution in [0.4, 0.5) is 11.9 Å². The van der Waals surface area contributed by atoms with Crippen LogP contribution < -0.4 is 33.2 Å². The number of carbonyl (C=O) groups is 6. The van der Waals surface area contributed by atoms with Crippen molar-refractivity contribution in [3.05, 3.63) is 175 Å². The van der Waals surface area contributed by atoms with Crippen LogP contribution in [-0.2, 0) is 84.0 Å². The van der Waals surface area contributed by atoms with E-state index < -0.39 is 81.2 Å². The van der Waals surface area contributed by atoms with E-state index in [0.717, 1.165) is 33.4 Å². The predicted molar refractivity (Wildman–Crippen MR) is 319 cm³/mol. The van der Waals surface area contributed by atoms with Gasteiger partial charge in [0.2, 0.25) is 11.9 Å². The minimum Gasteiger partial charge on any atom is -0.469 e. The summed E-state index contributed by atoms with van der Waals surface area (Å²) in [5, 5.41) is 5.99. The molecular formula is C58H64N10O18S2. The molecule has 0 radical (unpaired) electrons. The maximum Gasteiger partial charge on any atom is 0.328 e. The highest BCUT2D eigenvalue weighted by atomic mass is 32.2. The van der Waals surface area contributed by atoms with E-state index in [4.69, 9.17) is 39.5 Å². The average Bonchev–Trinajstić information content (AvgIpc) is 2.08. The maximum absolute atomic E-state index is 13.3. The highest BCUT2D eigenvalue weighted by Gasteiger charge is 2.27. The molecule has 0 bridgehead atoms. The number of aromatic amines is 4. The van der Waals surface area contributed by atoms with Crippen LogP contribution in [0.5, 0.6) is 0 Å². The average molecular weight is 1250 g/mol. The fourth-order valence-electron chi connectivity index (χ4n) is 8.45. The summed E-state index contributed by atoms with van der Waals surface area (Å²) in [7, 11) is -5.68. The van der Waals surface area contributed by atoms with Crippen molar-refractivity contribution in [2.75, 3.05) is 38.9 Å². The third-order valence-electron chi connectivity index (χ3n) is 13.2. The first-order valence-electron chi connectivity index (χ1n) is 26.8. The molecule has 0 unspecified atom stereocenters. The number of H-pyrrole nitrogens is 4. The van der Waals surface area contributed by atoms with Crippen LogP contribution >= 0.6 is 0 Å². The van der Waals surface area contributed by atoms with Crippen molar-refractivity contribution >= 4 is 89.9 Å². The Hall–Kier alpha value is -10.0. The fraction of sp³-hybridized carbons (Fsp3) is 0.276. The van der Waals surface area contributed by atoms with Gasteiger partial charge in [-0.3, -0.25) is 47.8 Å². The summed E-state index contributed by atoms with van der Waals surface area (Å²) < 4.78 is 79.1. The summed E-state index contributed by atoms with van der Waals surface area (Å²) in [4.78, 5) is 121. The number of hydrogen-bond donors (Lipinski definition) is 10. The van der Waals surface area contributed by atoms with Crippen molar-refractivity contribution in [1.29, 1.82) is 0 Å². The third kappa shape index (κ3) is 19.8. The lowest BCUT2D eigenvalue weighted by atomic mass is 10.0. The Bertz CT molecular complexity index is 3860. The quantitative estimate of drug-likeness (QED) is 0.0188. The molecule has 4 heterocycles. The number of benzene rings is 4. The molecule has 0 aliphatic heterocycles. The Kier molecular flexibility index (Phi) is 23.5. The van der Waals surface area contributed by atoms with Crippen molar-refractivity contribution in [1.82, 2.24) is 40.5 Å². The Morgan fingerprint density at radius 1 is 0.534 bits per heavy atom. The molecule has 0 aliphatic rings. The summed E-state index contributed by atoms with van der Waals surface area (Å²) in [6.07, 6.45) is 4.64.